The predicted octanol–water partition coefficient (Wildman–Crippen LogP) is 2.93. The summed E-state index contributed by atoms with van der Waals surface area (Å²) >= 11 is 0. The van der Waals surface area contributed by atoms with Crippen molar-refractivity contribution in [2.24, 2.45) is 4.99 Å². The summed E-state index contributed by atoms with van der Waals surface area (Å²) in [5, 5.41) is 8.71. The van der Waals surface area contributed by atoms with Gasteiger partial charge in [0.15, 0.2) is 0 Å². The zero-order chi connectivity index (χ0) is 12.8. The van der Waals surface area contributed by atoms with Crippen LogP contribution in [0.2, 0.25) is 0 Å². The van der Waals surface area contributed by atoms with Crippen LogP contribution in [0.25, 0.3) is 0 Å². The third-order valence-electron chi connectivity index (χ3n) is 2.56. The van der Waals surface area contributed by atoms with Gasteiger partial charge < -0.3 is 5.11 Å². The van der Waals surface area contributed by atoms with Crippen LogP contribution in [-0.2, 0) is 4.79 Å². The maximum absolute atomic E-state index is 10.6. The van der Waals surface area contributed by atoms with Crippen molar-refractivity contribution in [2.75, 3.05) is 0 Å². The molecule has 0 atom stereocenters. The Kier molecular flexibility index (Phi) is 3.86. The Morgan fingerprint density at radius 3 is 1.78 bits per heavy atom. The molecule has 0 saturated heterocycles. The molecule has 0 aliphatic carbocycles. The first kappa shape index (κ1) is 12.0. The summed E-state index contributed by atoms with van der Waals surface area (Å²) in [6.45, 7) is 0. The van der Waals surface area contributed by atoms with Gasteiger partial charge in [-0.05, 0) is 11.1 Å². The van der Waals surface area contributed by atoms with Crippen molar-refractivity contribution in [3.8, 4) is 0 Å². The number of hydrogen-bond acceptors (Lipinski definition) is 2. The van der Waals surface area contributed by atoms with E-state index in [1.807, 2.05) is 60.7 Å². The van der Waals surface area contributed by atoms with Crippen LogP contribution < -0.4 is 0 Å². The Labute approximate surface area is 105 Å². The third kappa shape index (κ3) is 3.04. The van der Waals surface area contributed by atoms with Gasteiger partial charge in [0.05, 0.1) is 0 Å². The lowest BCUT2D eigenvalue weighted by atomic mass is 9.99. The van der Waals surface area contributed by atoms with E-state index in [0.717, 1.165) is 17.3 Å². The van der Waals surface area contributed by atoms with Gasteiger partial charge in [0, 0.05) is 0 Å². The summed E-state index contributed by atoms with van der Waals surface area (Å²) in [6, 6.07) is 19.0. The van der Waals surface area contributed by atoms with Crippen LogP contribution in [0.15, 0.2) is 65.7 Å². The maximum Gasteiger partial charge on any atom is 0.346 e. The fourth-order valence-electron chi connectivity index (χ4n) is 1.77. The summed E-state index contributed by atoms with van der Waals surface area (Å²) in [4.78, 5) is 14.8. The number of aliphatic carboxylic acids is 1. The van der Waals surface area contributed by atoms with E-state index in [2.05, 4.69) is 4.99 Å². The van der Waals surface area contributed by atoms with Crippen LogP contribution in [0.5, 0.6) is 0 Å². The molecule has 2 rings (SSSR count). The standard InChI is InChI=1S/C15H13NO2/c17-14(18)11-16-15(12-7-3-1-4-8-12)13-9-5-2-6-10-13/h1-11,15H,(H,17,18). The van der Waals surface area contributed by atoms with Gasteiger partial charge in [0.2, 0.25) is 0 Å². The Balaban J connectivity index is 2.38. The Bertz CT molecular complexity index is 495. The van der Waals surface area contributed by atoms with Crippen molar-refractivity contribution in [2.45, 2.75) is 6.04 Å². The molecule has 0 amide bonds. The highest BCUT2D eigenvalue weighted by molar-refractivity contribution is 6.22. The van der Waals surface area contributed by atoms with Crippen LogP contribution in [-0.4, -0.2) is 17.3 Å². The number of carboxylic acid groups (broad SMARTS) is 1. The predicted molar refractivity (Wildman–Crippen MR) is 70.9 cm³/mol. The molecule has 0 heterocycles. The average Bonchev–Trinajstić information content (AvgIpc) is 2.41. The number of benzene rings is 2. The van der Waals surface area contributed by atoms with Crippen LogP contribution >= 0.6 is 0 Å². The molecular formula is C15H13NO2. The van der Waals surface area contributed by atoms with Gasteiger partial charge in [-0.1, -0.05) is 60.7 Å². The van der Waals surface area contributed by atoms with Gasteiger partial charge in [-0.2, -0.15) is 0 Å². The second-order valence-electron chi connectivity index (χ2n) is 3.84. The van der Waals surface area contributed by atoms with Gasteiger partial charge in [-0.15, -0.1) is 0 Å². The molecule has 0 aliphatic heterocycles. The van der Waals surface area contributed by atoms with Crippen LogP contribution in [0.1, 0.15) is 17.2 Å². The molecule has 0 aromatic heterocycles. The third-order valence-corrected chi connectivity index (χ3v) is 2.56. The van der Waals surface area contributed by atoms with Gasteiger partial charge >= 0.3 is 5.97 Å². The molecule has 0 aliphatic rings. The Hall–Kier alpha value is -2.42. The summed E-state index contributed by atoms with van der Waals surface area (Å²) in [5.74, 6) is -1.04. The zero-order valence-electron chi connectivity index (χ0n) is 9.73. The summed E-state index contributed by atoms with van der Waals surface area (Å²) < 4.78 is 0. The minimum absolute atomic E-state index is 0.275. The van der Waals surface area contributed by atoms with E-state index < -0.39 is 5.97 Å². The lowest BCUT2D eigenvalue weighted by molar-refractivity contribution is -0.128. The molecule has 3 nitrogen and oxygen atoms in total. The number of nitrogens with zero attached hydrogens (tertiary/aromatic N) is 1. The summed E-state index contributed by atoms with van der Waals surface area (Å²) in [7, 11) is 0. The molecule has 2 aromatic carbocycles. The highest BCUT2D eigenvalue weighted by atomic mass is 16.4. The minimum atomic E-state index is -1.04. The van der Waals surface area contributed by atoms with Crippen molar-refractivity contribution in [3.05, 3.63) is 71.8 Å². The number of rotatable bonds is 4. The molecule has 0 unspecified atom stereocenters. The fourth-order valence-corrected chi connectivity index (χ4v) is 1.77. The van der Waals surface area contributed by atoms with E-state index in [1.54, 1.807) is 0 Å². The topological polar surface area (TPSA) is 49.7 Å². The summed E-state index contributed by atoms with van der Waals surface area (Å²) in [5.41, 5.74) is 1.95. The molecule has 3 heteroatoms. The van der Waals surface area contributed by atoms with Gasteiger partial charge in [-0.3, -0.25) is 4.99 Å². The molecule has 0 spiro atoms. The van der Waals surface area contributed by atoms with E-state index in [4.69, 9.17) is 5.11 Å². The van der Waals surface area contributed by atoms with Crippen molar-refractivity contribution in [1.29, 1.82) is 0 Å². The monoisotopic (exact) mass is 239 g/mol. The van der Waals surface area contributed by atoms with Crippen LogP contribution in [0.4, 0.5) is 0 Å². The first-order valence-electron chi connectivity index (χ1n) is 5.63. The average molecular weight is 239 g/mol. The Morgan fingerprint density at radius 2 is 1.39 bits per heavy atom. The summed E-state index contributed by atoms with van der Waals surface area (Å²) in [6.07, 6.45) is 0.949. The number of carboxylic acids is 1. The number of hydrogen-bond donors (Lipinski definition) is 1. The second-order valence-corrected chi connectivity index (χ2v) is 3.84. The number of carbonyl (C=O) groups is 1. The smallest absolute Gasteiger partial charge is 0.346 e. The largest absolute Gasteiger partial charge is 0.477 e. The molecule has 0 saturated carbocycles. The van der Waals surface area contributed by atoms with Crippen molar-refractivity contribution in [3.63, 3.8) is 0 Å². The zero-order valence-corrected chi connectivity index (χ0v) is 9.73. The van der Waals surface area contributed by atoms with Gasteiger partial charge in [0.25, 0.3) is 0 Å². The van der Waals surface area contributed by atoms with Crippen molar-refractivity contribution < 1.29 is 9.90 Å². The van der Waals surface area contributed by atoms with Gasteiger partial charge in [0.1, 0.15) is 12.3 Å². The van der Waals surface area contributed by atoms with E-state index in [-0.39, 0.29) is 6.04 Å². The molecule has 18 heavy (non-hydrogen) atoms. The maximum atomic E-state index is 10.6. The SMILES string of the molecule is O=C(O)C=NC(c1ccccc1)c1ccccc1. The second kappa shape index (κ2) is 5.77. The lowest BCUT2D eigenvalue weighted by Crippen LogP contribution is -2.02. The molecule has 1 N–H and O–H groups in total. The molecule has 0 radical (unpaired) electrons. The van der Waals surface area contributed by atoms with Crippen molar-refractivity contribution in [1.82, 2.24) is 0 Å². The normalized spacial score (nSPS) is 10.9. The first-order valence-corrected chi connectivity index (χ1v) is 5.63. The molecular weight excluding hydrogens is 226 g/mol. The lowest BCUT2D eigenvalue weighted by Gasteiger charge is -2.12. The first-order chi connectivity index (χ1) is 8.77. The molecule has 90 valence electrons. The minimum Gasteiger partial charge on any atom is -0.477 e. The molecule has 0 fully saturated rings. The Morgan fingerprint density at radius 1 is 0.944 bits per heavy atom. The van der Waals surface area contributed by atoms with E-state index in [9.17, 15) is 4.79 Å². The van der Waals surface area contributed by atoms with Crippen LogP contribution in [0.3, 0.4) is 0 Å². The number of aliphatic imine (C=N–C) groups is 1. The van der Waals surface area contributed by atoms with Gasteiger partial charge in [-0.25, -0.2) is 4.79 Å². The molecule has 2 aromatic rings. The molecule has 0 bridgehead atoms. The quantitative estimate of drug-likeness (QED) is 0.834. The van der Waals surface area contributed by atoms with Crippen molar-refractivity contribution >= 4 is 12.2 Å². The van der Waals surface area contributed by atoms with E-state index >= 15 is 0 Å². The van der Waals surface area contributed by atoms with Crippen LogP contribution in [0, 0.1) is 0 Å². The highest BCUT2D eigenvalue weighted by Crippen LogP contribution is 2.25. The highest BCUT2D eigenvalue weighted by Gasteiger charge is 2.11. The van der Waals surface area contributed by atoms with E-state index in [0.29, 0.717) is 0 Å². The van der Waals surface area contributed by atoms with E-state index in [1.165, 1.54) is 0 Å². The fraction of sp³-hybridized carbons (Fsp3) is 0.0667.